The standard InChI is InChI=1S/C25H30ClNO3/c1-23(2)19-6-4-5-7-20(19)27(3)21(23)9-18(28)14-30-22(29)24-10-16-8-17(11-24)13-25(26,12-16)15-24/h4-7,9,16-17H,8,10-15H2,1-3H3/b21-9-. The molecule has 0 amide bonds. The molecule has 6 rings (SSSR count). The number of anilines is 1. The number of ether oxygens (including phenoxy) is 1. The van der Waals surface area contributed by atoms with Gasteiger partial charge in [0.1, 0.15) is 0 Å². The van der Waals surface area contributed by atoms with Gasteiger partial charge in [0.15, 0.2) is 12.4 Å². The number of hydrogen-bond acceptors (Lipinski definition) is 4. The first-order valence-corrected chi connectivity index (χ1v) is 11.4. The van der Waals surface area contributed by atoms with E-state index in [4.69, 9.17) is 16.3 Å². The minimum absolute atomic E-state index is 0.170. The number of rotatable bonds is 4. The molecule has 4 nitrogen and oxygen atoms in total. The van der Waals surface area contributed by atoms with Crippen molar-refractivity contribution < 1.29 is 14.3 Å². The number of hydrogen-bond donors (Lipinski definition) is 0. The number of carbonyl (C=O) groups excluding carboxylic acids is 2. The molecule has 0 spiro atoms. The molecule has 1 heterocycles. The molecule has 5 aliphatic rings. The van der Waals surface area contributed by atoms with Crippen molar-refractivity contribution in [3.63, 3.8) is 0 Å². The van der Waals surface area contributed by atoms with E-state index in [9.17, 15) is 9.59 Å². The zero-order chi connectivity index (χ0) is 21.3. The Hall–Kier alpha value is -1.81. The lowest BCUT2D eigenvalue weighted by molar-refractivity contribution is -0.171. The highest BCUT2D eigenvalue weighted by molar-refractivity contribution is 6.24. The molecule has 4 aliphatic carbocycles. The molecule has 0 N–H and O–H groups in total. The van der Waals surface area contributed by atoms with Gasteiger partial charge in [0, 0.05) is 34.8 Å². The van der Waals surface area contributed by atoms with Crippen LogP contribution in [0.15, 0.2) is 36.0 Å². The van der Waals surface area contributed by atoms with Crippen LogP contribution < -0.4 is 4.90 Å². The summed E-state index contributed by atoms with van der Waals surface area (Å²) in [6, 6.07) is 8.20. The lowest BCUT2D eigenvalue weighted by Gasteiger charge is -2.58. The van der Waals surface area contributed by atoms with Crippen LogP contribution in [-0.4, -0.2) is 30.3 Å². The van der Waals surface area contributed by atoms with Gasteiger partial charge >= 0.3 is 5.97 Å². The Morgan fingerprint density at radius 1 is 1.17 bits per heavy atom. The molecular formula is C25H30ClNO3. The SMILES string of the molecule is CN1/C(=C\C(=O)COC(=O)C23CC4CC(CC(Cl)(C4)C2)C3)C(C)(C)c2ccccc21. The lowest BCUT2D eigenvalue weighted by Crippen LogP contribution is -2.56. The topological polar surface area (TPSA) is 46.6 Å². The van der Waals surface area contributed by atoms with Crippen LogP contribution in [0, 0.1) is 17.3 Å². The van der Waals surface area contributed by atoms with E-state index in [1.165, 1.54) is 12.0 Å². The molecule has 2 unspecified atom stereocenters. The second-order valence-corrected chi connectivity index (χ2v) is 11.5. The van der Waals surface area contributed by atoms with Crippen LogP contribution >= 0.6 is 11.6 Å². The largest absolute Gasteiger partial charge is 0.457 e. The number of fused-ring (bicyclic) bond motifs is 1. The fourth-order valence-corrected chi connectivity index (χ4v) is 7.82. The van der Waals surface area contributed by atoms with Crippen LogP contribution in [0.2, 0.25) is 0 Å². The fraction of sp³-hybridized carbons (Fsp3) is 0.600. The highest BCUT2D eigenvalue weighted by Crippen LogP contribution is 2.64. The average Bonchev–Trinajstić information content (AvgIpc) is 2.85. The number of carbonyl (C=O) groups is 2. The first kappa shape index (κ1) is 20.1. The van der Waals surface area contributed by atoms with Crippen molar-refractivity contribution in [3.05, 3.63) is 41.6 Å². The van der Waals surface area contributed by atoms with Crippen LogP contribution in [0.1, 0.15) is 57.9 Å². The average molecular weight is 428 g/mol. The van der Waals surface area contributed by atoms with Gasteiger partial charge in [-0.1, -0.05) is 32.0 Å². The van der Waals surface area contributed by atoms with Gasteiger partial charge in [0.2, 0.25) is 0 Å². The van der Waals surface area contributed by atoms with E-state index < -0.39 is 5.41 Å². The second kappa shape index (κ2) is 6.59. The maximum atomic E-state index is 13.1. The van der Waals surface area contributed by atoms with E-state index >= 15 is 0 Å². The summed E-state index contributed by atoms with van der Waals surface area (Å²) in [7, 11) is 1.98. The van der Waals surface area contributed by atoms with Crippen molar-refractivity contribution in [2.75, 3.05) is 18.6 Å². The first-order chi connectivity index (χ1) is 14.1. The van der Waals surface area contributed by atoms with Gasteiger partial charge in [-0.05, 0) is 62.0 Å². The zero-order valence-corrected chi connectivity index (χ0v) is 18.8. The third kappa shape index (κ3) is 3.02. The molecule has 4 fully saturated rings. The Kier molecular flexibility index (Phi) is 4.42. The molecule has 1 aromatic rings. The normalized spacial score (nSPS) is 36.8. The summed E-state index contributed by atoms with van der Waals surface area (Å²) >= 11 is 6.84. The molecule has 4 bridgehead atoms. The van der Waals surface area contributed by atoms with E-state index in [-0.39, 0.29) is 28.6 Å². The second-order valence-electron chi connectivity index (χ2n) is 10.7. The Labute approximate surface area is 183 Å². The van der Waals surface area contributed by atoms with Gasteiger partial charge in [-0.25, -0.2) is 0 Å². The molecule has 4 saturated carbocycles. The van der Waals surface area contributed by atoms with Crippen LogP contribution in [0.3, 0.4) is 0 Å². The molecule has 0 saturated heterocycles. The van der Waals surface area contributed by atoms with Crippen LogP contribution in [0.5, 0.6) is 0 Å². The zero-order valence-electron chi connectivity index (χ0n) is 18.0. The fourth-order valence-electron chi connectivity index (χ4n) is 7.13. The van der Waals surface area contributed by atoms with Gasteiger partial charge in [-0.15, -0.1) is 11.6 Å². The summed E-state index contributed by atoms with van der Waals surface area (Å²) in [6.45, 7) is 4.04. The summed E-state index contributed by atoms with van der Waals surface area (Å²) in [5.41, 5.74) is 2.50. The first-order valence-electron chi connectivity index (χ1n) is 11.1. The molecule has 0 aromatic heterocycles. The third-order valence-electron chi connectivity index (χ3n) is 8.01. The van der Waals surface area contributed by atoms with E-state index in [2.05, 4.69) is 30.9 Å². The van der Waals surface area contributed by atoms with Crippen LogP contribution in [0.25, 0.3) is 0 Å². The summed E-state index contributed by atoms with van der Waals surface area (Å²) in [4.78, 5) is 27.7. The Morgan fingerprint density at radius 2 is 1.83 bits per heavy atom. The summed E-state index contributed by atoms with van der Waals surface area (Å²) in [5.74, 6) is 0.674. The predicted molar refractivity (Wildman–Crippen MR) is 118 cm³/mol. The highest BCUT2D eigenvalue weighted by Gasteiger charge is 2.60. The van der Waals surface area contributed by atoms with Crippen molar-refractivity contribution >= 4 is 29.0 Å². The van der Waals surface area contributed by atoms with Gasteiger partial charge < -0.3 is 9.64 Å². The van der Waals surface area contributed by atoms with E-state index in [1.54, 1.807) is 6.08 Å². The Balaban J connectivity index is 1.29. The maximum absolute atomic E-state index is 13.1. The van der Waals surface area contributed by atoms with Crippen molar-refractivity contribution in [2.24, 2.45) is 17.3 Å². The summed E-state index contributed by atoms with van der Waals surface area (Å²) in [5, 5.41) is 0. The number of benzene rings is 1. The van der Waals surface area contributed by atoms with Gasteiger partial charge in [0.05, 0.1) is 5.41 Å². The summed E-state index contributed by atoms with van der Waals surface area (Å²) < 4.78 is 5.61. The molecule has 30 heavy (non-hydrogen) atoms. The predicted octanol–water partition coefficient (Wildman–Crippen LogP) is 4.99. The monoisotopic (exact) mass is 427 g/mol. The quantitative estimate of drug-likeness (QED) is 0.386. The molecule has 160 valence electrons. The Morgan fingerprint density at radius 3 is 2.47 bits per heavy atom. The minimum atomic E-state index is -0.473. The number of ketones is 1. The van der Waals surface area contributed by atoms with Gasteiger partial charge in [-0.3, -0.25) is 9.59 Å². The van der Waals surface area contributed by atoms with E-state index in [0.29, 0.717) is 18.3 Å². The van der Waals surface area contributed by atoms with Crippen molar-refractivity contribution in [3.8, 4) is 0 Å². The third-order valence-corrected chi connectivity index (χ3v) is 8.45. The number of allylic oxidation sites excluding steroid dienone is 1. The smallest absolute Gasteiger partial charge is 0.312 e. The maximum Gasteiger partial charge on any atom is 0.312 e. The van der Waals surface area contributed by atoms with Gasteiger partial charge in [0.25, 0.3) is 0 Å². The number of likely N-dealkylation sites (N-methyl/N-ethyl adjacent to an activating group) is 1. The van der Waals surface area contributed by atoms with Crippen LogP contribution in [0.4, 0.5) is 5.69 Å². The van der Waals surface area contributed by atoms with Crippen molar-refractivity contribution in [1.82, 2.24) is 0 Å². The molecule has 2 atom stereocenters. The summed E-state index contributed by atoms with van der Waals surface area (Å²) in [6.07, 6.45) is 7.33. The number of para-hydroxylation sites is 1. The van der Waals surface area contributed by atoms with Crippen molar-refractivity contribution in [2.45, 2.75) is 62.7 Å². The number of esters is 1. The van der Waals surface area contributed by atoms with Crippen molar-refractivity contribution in [1.29, 1.82) is 0 Å². The van der Waals surface area contributed by atoms with Gasteiger partial charge in [-0.2, -0.15) is 0 Å². The number of nitrogens with zero attached hydrogens (tertiary/aromatic N) is 1. The molecule has 5 heteroatoms. The molecule has 1 aliphatic heterocycles. The Bertz CT molecular complexity index is 935. The van der Waals surface area contributed by atoms with E-state index in [1.807, 2.05) is 19.2 Å². The molecular weight excluding hydrogens is 398 g/mol. The van der Waals surface area contributed by atoms with E-state index in [0.717, 1.165) is 37.1 Å². The minimum Gasteiger partial charge on any atom is -0.457 e. The molecule has 0 radical (unpaired) electrons. The highest BCUT2D eigenvalue weighted by atomic mass is 35.5. The molecule has 1 aromatic carbocycles. The number of alkyl halides is 1. The lowest BCUT2D eigenvalue weighted by atomic mass is 9.49. The number of halogens is 1. The van der Waals surface area contributed by atoms with Crippen LogP contribution in [-0.2, 0) is 19.7 Å².